The summed E-state index contributed by atoms with van der Waals surface area (Å²) in [6.45, 7) is 2.14. The van der Waals surface area contributed by atoms with E-state index in [1.54, 1.807) is 14.0 Å². The molecule has 15 heavy (non-hydrogen) atoms. The van der Waals surface area contributed by atoms with Gasteiger partial charge in [-0.15, -0.1) is 0 Å². The van der Waals surface area contributed by atoms with Gasteiger partial charge in [-0.05, 0) is 5.56 Å². The van der Waals surface area contributed by atoms with Crippen molar-refractivity contribution in [3.63, 3.8) is 0 Å². The van der Waals surface area contributed by atoms with Crippen LogP contribution in [0.4, 0.5) is 0 Å². The molecule has 1 N–H and O–H groups in total. The second-order valence-corrected chi connectivity index (χ2v) is 3.60. The Bertz CT molecular complexity index is 308. The number of carboxylic acid groups (broad SMARTS) is 1. The van der Waals surface area contributed by atoms with Crippen LogP contribution in [0.5, 0.6) is 0 Å². The van der Waals surface area contributed by atoms with Gasteiger partial charge in [0, 0.05) is 13.0 Å². The zero-order chi connectivity index (χ0) is 11.3. The molecule has 0 heterocycles. The zero-order valence-corrected chi connectivity index (χ0v) is 9.01. The summed E-state index contributed by atoms with van der Waals surface area (Å²) in [5.74, 6) is -1.32. The number of rotatable bonds is 5. The minimum absolute atomic E-state index is 0.0892. The summed E-state index contributed by atoms with van der Waals surface area (Å²) in [6, 6.07) is 9.60. The van der Waals surface area contributed by atoms with Crippen LogP contribution in [0.1, 0.15) is 18.4 Å². The first-order valence-electron chi connectivity index (χ1n) is 4.93. The number of aliphatic carboxylic acids is 1. The zero-order valence-electron chi connectivity index (χ0n) is 9.01. The predicted octanol–water partition coefficient (Wildman–Crippen LogP) is 2.14. The van der Waals surface area contributed by atoms with Crippen LogP contribution >= 0.6 is 0 Å². The number of methoxy groups -OCH3 is 1. The molecule has 0 saturated heterocycles. The number of benzene rings is 1. The van der Waals surface area contributed by atoms with Crippen molar-refractivity contribution >= 4 is 5.97 Å². The molecular formula is C12H16O3. The Kier molecular flexibility index (Phi) is 4.31. The van der Waals surface area contributed by atoms with Gasteiger partial charge in [-0.2, -0.15) is 0 Å². The first-order chi connectivity index (χ1) is 7.16. The standard InChI is InChI=1S/C12H16O3/c1-9(12(13)14)11(8-15-2)10-6-4-3-5-7-10/h3-7,9,11H,8H2,1-2H3,(H,13,14). The Morgan fingerprint density at radius 2 is 2.00 bits per heavy atom. The van der Waals surface area contributed by atoms with E-state index in [-0.39, 0.29) is 5.92 Å². The average molecular weight is 208 g/mol. The molecule has 0 aliphatic rings. The molecule has 0 spiro atoms. The molecule has 0 bridgehead atoms. The maximum absolute atomic E-state index is 10.9. The molecule has 1 aromatic rings. The van der Waals surface area contributed by atoms with Gasteiger partial charge in [0.25, 0.3) is 0 Å². The fraction of sp³-hybridized carbons (Fsp3) is 0.417. The number of hydrogen-bond acceptors (Lipinski definition) is 2. The van der Waals surface area contributed by atoms with Crippen molar-refractivity contribution in [2.45, 2.75) is 12.8 Å². The summed E-state index contributed by atoms with van der Waals surface area (Å²) in [5.41, 5.74) is 1.01. The lowest BCUT2D eigenvalue weighted by Gasteiger charge is -2.20. The summed E-state index contributed by atoms with van der Waals surface area (Å²) in [7, 11) is 1.59. The minimum Gasteiger partial charge on any atom is -0.481 e. The van der Waals surface area contributed by atoms with E-state index in [1.807, 2.05) is 30.3 Å². The monoisotopic (exact) mass is 208 g/mol. The van der Waals surface area contributed by atoms with Crippen LogP contribution < -0.4 is 0 Å². The smallest absolute Gasteiger partial charge is 0.306 e. The highest BCUT2D eigenvalue weighted by atomic mass is 16.5. The van der Waals surface area contributed by atoms with E-state index in [0.717, 1.165) is 5.56 Å². The quantitative estimate of drug-likeness (QED) is 0.806. The molecule has 2 unspecified atom stereocenters. The minimum atomic E-state index is -0.791. The van der Waals surface area contributed by atoms with E-state index in [2.05, 4.69) is 0 Å². The van der Waals surface area contributed by atoms with Gasteiger partial charge >= 0.3 is 5.97 Å². The normalized spacial score (nSPS) is 14.5. The maximum atomic E-state index is 10.9. The van der Waals surface area contributed by atoms with Gasteiger partial charge in [0.1, 0.15) is 0 Å². The van der Waals surface area contributed by atoms with E-state index in [4.69, 9.17) is 9.84 Å². The summed E-state index contributed by atoms with van der Waals surface area (Å²) in [6.07, 6.45) is 0. The van der Waals surface area contributed by atoms with Gasteiger partial charge in [-0.1, -0.05) is 37.3 Å². The number of carbonyl (C=O) groups is 1. The highest BCUT2D eigenvalue weighted by Crippen LogP contribution is 2.24. The number of hydrogen-bond donors (Lipinski definition) is 1. The van der Waals surface area contributed by atoms with Crippen LogP contribution in [0.2, 0.25) is 0 Å². The lowest BCUT2D eigenvalue weighted by atomic mass is 9.88. The van der Waals surface area contributed by atoms with Gasteiger partial charge < -0.3 is 9.84 Å². The Labute approximate surface area is 89.7 Å². The van der Waals surface area contributed by atoms with Gasteiger partial charge in [-0.25, -0.2) is 0 Å². The summed E-state index contributed by atoms with van der Waals surface area (Å²) in [4.78, 5) is 10.9. The first kappa shape index (κ1) is 11.7. The van der Waals surface area contributed by atoms with E-state index in [9.17, 15) is 4.79 Å². The molecule has 0 radical (unpaired) electrons. The topological polar surface area (TPSA) is 46.5 Å². The van der Waals surface area contributed by atoms with Crippen LogP contribution in [0, 0.1) is 5.92 Å². The molecule has 82 valence electrons. The SMILES string of the molecule is COCC(c1ccccc1)C(C)C(=O)O. The van der Waals surface area contributed by atoms with Crippen LogP contribution in [0.15, 0.2) is 30.3 Å². The highest BCUT2D eigenvalue weighted by Gasteiger charge is 2.24. The van der Waals surface area contributed by atoms with Crippen molar-refractivity contribution in [1.29, 1.82) is 0 Å². The van der Waals surface area contributed by atoms with Gasteiger partial charge in [0.15, 0.2) is 0 Å². The average Bonchev–Trinajstić information content (AvgIpc) is 2.26. The second kappa shape index (κ2) is 5.51. The maximum Gasteiger partial charge on any atom is 0.306 e. The molecule has 2 atom stereocenters. The van der Waals surface area contributed by atoms with Crippen LogP contribution in [-0.4, -0.2) is 24.8 Å². The first-order valence-corrected chi connectivity index (χ1v) is 4.93. The van der Waals surface area contributed by atoms with E-state index in [0.29, 0.717) is 6.61 Å². The van der Waals surface area contributed by atoms with Crippen molar-refractivity contribution in [2.24, 2.45) is 5.92 Å². The third-order valence-electron chi connectivity index (χ3n) is 2.57. The van der Waals surface area contributed by atoms with E-state index >= 15 is 0 Å². The van der Waals surface area contributed by atoms with Crippen LogP contribution in [0.25, 0.3) is 0 Å². The molecule has 3 nitrogen and oxygen atoms in total. The molecule has 0 saturated carbocycles. The molecule has 1 rings (SSSR count). The van der Waals surface area contributed by atoms with Crippen molar-refractivity contribution in [3.8, 4) is 0 Å². The Balaban J connectivity index is 2.87. The Morgan fingerprint density at radius 1 is 1.40 bits per heavy atom. The molecule has 0 aromatic heterocycles. The molecular weight excluding hydrogens is 192 g/mol. The Hall–Kier alpha value is -1.35. The molecule has 0 fully saturated rings. The van der Waals surface area contributed by atoms with Crippen molar-refractivity contribution in [2.75, 3.05) is 13.7 Å². The van der Waals surface area contributed by atoms with Crippen molar-refractivity contribution < 1.29 is 14.6 Å². The van der Waals surface area contributed by atoms with E-state index in [1.165, 1.54) is 0 Å². The molecule has 0 aliphatic carbocycles. The lowest BCUT2D eigenvalue weighted by molar-refractivity contribution is -0.142. The van der Waals surface area contributed by atoms with Crippen molar-refractivity contribution in [1.82, 2.24) is 0 Å². The molecule has 0 aliphatic heterocycles. The summed E-state index contributed by atoms with van der Waals surface area (Å²) in [5, 5.41) is 8.98. The number of ether oxygens (including phenoxy) is 1. The van der Waals surface area contributed by atoms with Gasteiger partial charge in [0.05, 0.1) is 12.5 Å². The predicted molar refractivity (Wildman–Crippen MR) is 57.9 cm³/mol. The highest BCUT2D eigenvalue weighted by molar-refractivity contribution is 5.71. The largest absolute Gasteiger partial charge is 0.481 e. The van der Waals surface area contributed by atoms with Crippen LogP contribution in [0.3, 0.4) is 0 Å². The molecule has 3 heteroatoms. The van der Waals surface area contributed by atoms with Crippen LogP contribution in [-0.2, 0) is 9.53 Å². The van der Waals surface area contributed by atoms with E-state index < -0.39 is 11.9 Å². The lowest BCUT2D eigenvalue weighted by Crippen LogP contribution is -2.22. The third kappa shape index (κ3) is 3.06. The summed E-state index contributed by atoms with van der Waals surface area (Å²) >= 11 is 0. The fourth-order valence-electron chi connectivity index (χ4n) is 1.58. The second-order valence-electron chi connectivity index (χ2n) is 3.60. The van der Waals surface area contributed by atoms with Crippen molar-refractivity contribution in [3.05, 3.63) is 35.9 Å². The Morgan fingerprint density at radius 3 is 2.47 bits per heavy atom. The van der Waals surface area contributed by atoms with Gasteiger partial charge in [-0.3, -0.25) is 4.79 Å². The van der Waals surface area contributed by atoms with Gasteiger partial charge in [0.2, 0.25) is 0 Å². The number of carboxylic acids is 1. The molecule has 1 aromatic carbocycles. The third-order valence-corrected chi connectivity index (χ3v) is 2.57. The molecule has 0 amide bonds. The fourth-order valence-corrected chi connectivity index (χ4v) is 1.58. The summed E-state index contributed by atoms with van der Waals surface area (Å²) < 4.78 is 5.07.